The van der Waals surface area contributed by atoms with Gasteiger partial charge < -0.3 is 5.32 Å². The Morgan fingerprint density at radius 1 is 1.12 bits per heavy atom. The van der Waals surface area contributed by atoms with Crippen LogP contribution in [-0.2, 0) is 0 Å². The lowest BCUT2D eigenvalue weighted by molar-refractivity contribution is -0.385. The molecule has 8 heteroatoms. The molecule has 3 rings (SSSR count). The number of nitrogens with one attached hydrogen (secondary N) is 1. The van der Waals surface area contributed by atoms with Crippen molar-refractivity contribution in [3.05, 3.63) is 75.6 Å². The number of carbonyl (C=O) groups excluding carboxylic acids is 1. The van der Waals surface area contributed by atoms with E-state index in [1.54, 1.807) is 26.0 Å². The van der Waals surface area contributed by atoms with E-state index in [2.05, 4.69) is 15.5 Å². The first-order valence-electron chi connectivity index (χ1n) is 7.51. The van der Waals surface area contributed by atoms with E-state index in [-0.39, 0.29) is 11.4 Å². The van der Waals surface area contributed by atoms with E-state index in [4.69, 9.17) is 0 Å². The molecule has 0 saturated carbocycles. The number of rotatable bonds is 4. The molecule has 0 aliphatic carbocycles. The van der Waals surface area contributed by atoms with Crippen LogP contribution in [0.5, 0.6) is 0 Å². The Morgan fingerprint density at radius 3 is 2.52 bits per heavy atom. The largest absolute Gasteiger partial charge is 0.320 e. The first-order chi connectivity index (χ1) is 12.0. The minimum absolute atomic E-state index is 0.0533. The van der Waals surface area contributed by atoms with Gasteiger partial charge in [0, 0.05) is 17.3 Å². The van der Waals surface area contributed by atoms with Gasteiger partial charge in [0.2, 0.25) is 0 Å². The van der Waals surface area contributed by atoms with Crippen LogP contribution >= 0.6 is 0 Å². The van der Waals surface area contributed by atoms with Gasteiger partial charge in [-0.15, -0.1) is 5.10 Å². The van der Waals surface area contributed by atoms with Crippen LogP contribution in [0.3, 0.4) is 0 Å². The number of hydrogen-bond acceptors (Lipinski definition) is 5. The second-order valence-electron chi connectivity index (χ2n) is 5.47. The highest BCUT2D eigenvalue weighted by atomic mass is 16.6. The van der Waals surface area contributed by atoms with Gasteiger partial charge in [-0.25, -0.2) is 0 Å². The molecule has 2 aromatic carbocycles. The number of para-hydroxylation sites is 1. The lowest BCUT2D eigenvalue weighted by atomic mass is 10.2. The number of benzene rings is 2. The summed E-state index contributed by atoms with van der Waals surface area (Å²) < 4.78 is 0. The molecule has 1 heterocycles. The summed E-state index contributed by atoms with van der Waals surface area (Å²) in [5.74, 6) is -0.474. The smallest absolute Gasteiger partial charge is 0.278 e. The molecule has 8 nitrogen and oxygen atoms in total. The van der Waals surface area contributed by atoms with E-state index in [0.29, 0.717) is 16.9 Å². The molecule has 25 heavy (non-hydrogen) atoms. The van der Waals surface area contributed by atoms with Crippen molar-refractivity contribution in [1.82, 2.24) is 15.0 Å². The van der Waals surface area contributed by atoms with Crippen molar-refractivity contribution >= 4 is 17.3 Å². The first-order valence-corrected chi connectivity index (χ1v) is 7.51. The third-order valence-corrected chi connectivity index (χ3v) is 3.65. The quantitative estimate of drug-likeness (QED) is 0.582. The van der Waals surface area contributed by atoms with Crippen LogP contribution in [0.4, 0.5) is 11.4 Å². The highest BCUT2D eigenvalue weighted by Crippen LogP contribution is 2.22. The second-order valence-corrected chi connectivity index (χ2v) is 5.47. The van der Waals surface area contributed by atoms with Gasteiger partial charge in [0.05, 0.1) is 16.3 Å². The molecular formula is C17H15N5O3. The normalized spacial score (nSPS) is 10.5. The Labute approximate surface area is 143 Å². The standard InChI is InChI=1S/C17H15N5O3/c1-11-8-9-13(10-15(11)22(24)25)18-17(23)16-12(2)19-21(20-16)14-6-4-3-5-7-14/h3-10H,1-2H3,(H,18,23). The summed E-state index contributed by atoms with van der Waals surface area (Å²) in [7, 11) is 0. The lowest BCUT2D eigenvalue weighted by Gasteiger charge is -2.04. The summed E-state index contributed by atoms with van der Waals surface area (Å²) in [5.41, 5.74) is 2.15. The summed E-state index contributed by atoms with van der Waals surface area (Å²) in [6.45, 7) is 3.32. The van der Waals surface area contributed by atoms with Crippen LogP contribution in [0, 0.1) is 24.0 Å². The molecule has 0 atom stereocenters. The highest BCUT2D eigenvalue weighted by molar-refractivity contribution is 6.03. The number of nitro groups is 1. The van der Waals surface area contributed by atoms with E-state index < -0.39 is 10.8 Å². The number of nitro benzene ring substituents is 1. The topological polar surface area (TPSA) is 103 Å². The zero-order valence-corrected chi connectivity index (χ0v) is 13.6. The van der Waals surface area contributed by atoms with E-state index in [1.165, 1.54) is 10.9 Å². The minimum atomic E-state index is -0.484. The van der Waals surface area contributed by atoms with Crippen LogP contribution in [0.1, 0.15) is 21.7 Å². The number of aryl methyl sites for hydroxylation is 2. The van der Waals surface area contributed by atoms with Crippen LogP contribution in [0.25, 0.3) is 5.69 Å². The average Bonchev–Trinajstić information content (AvgIpc) is 2.99. The van der Waals surface area contributed by atoms with Gasteiger partial charge in [-0.3, -0.25) is 14.9 Å². The summed E-state index contributed by atoms with van der Waals surface area (Å²) >= 11 is 0. The van der Waals surface area contributed by atoms with Gasteiger partial charge >= 0.3 is 0 Å². The second kappa shape index (κ2) is 6.52. The van der Waals surface area contributed by atoms with E-state index in [9.17, 15) is 14.9 Å². The molecule has 0 aliphatic heterocycles. The maximum atomic E-state index is 12.4. The predicted octanol–water partition coefficient (Wildman–Crippen LogP) is 3.04. The molecule has 0 saturated heterocycles. The Hall–Kier alpha value is -3.55. The molecule has 0 unspecified atom stereocenters. The average molecular weight is 337 g/mol. The molecule has 0 bridgehead atoms. The molecule has 126 valence electrons. The van der Waals surface area contributed by atoms with Crippen molar-refractivity contribution in [3.8, 4) is 5.69 Å². The Morgan fingerprint density at radius 2 is 1.84 bits per heavy atom. The SMILES string of the molecule is Cc1ccc(NC(=O)c2nn(-c3ccccc3)nc2C)cc1[N+](=O)[O-]. The fraction of sp³-hybridized carbons (Fsp3) is 0.118. The molecule has 3 aromatic rings. The van der Waals surface area contributed by atoms with Gasteiger partial charge in [-0.2, -0.15) is 9.90 Å². The fourth-order valence-electron chi connectivity index (χ4n) is 2.34. The van der Waals surface area contributed by atoms with Gasteiger partial charge in [0.25, 0.3) is 11.6 Å². The van der Waals surface area contributed by atoms with Crippen molar-refractivity contribution in [2.45, 2.75) is 13.8 Å². The Kier molecular flexibility index (Phi) is 4.25. The number of aromatic nitrogens is 3. The van der Waals surface area contributed by atoms with Crippen LogP contribution < -0.4 is 5.32 Å². The number of anilines is 1. The summed E-state index contributed by atoms with van der Waals surface area (Å²) in [5, 5.41) is 22.1. The molecule has 0 aliphatic rings. The van der Waals surface area contributed by atoms with E-state index in [1.807, 2.05) is 30.3 Å². The van der Waals surface area contributed by atoms with Gasteiger partial charge in [0.1, 0.15) is 0 Å². The van der Waals surface area contributed by atoms with Gasteiger partial charge in [-0.05, 0) is 32.0 Å². The molecule has 1 aromatic heterocycles. The lowest BCUT2D eigenvalue weighted by Crippen LogP contribution is -2.14. The summed E-state index contributed by atoms with van der Waals surface area (Å²) in [6.07, 6.45) is 0. The summed E-state index contributed by atoms with van der Waals surface area (Å²) in [4.78, 5) is 24.4. The van der Waals surface area contributed by atoms with E-state index in [0.717, 1.165) is 5.69 Å². The van der Waals surface area contributed by atoms with Crippen molar-refractivity contribution < 1.29 is 9.72 Å². The van der Waals surface area contributed by atoms with Gasteiger partial charge in [-0.1, -0.05) is 24.3 Å². The molecule has 0 fully saturated rings. The fourth-order valence-corrected chi connectivity index (χ4v) is 2.34. The predicted molar refractivity (Wildman–Crippen MR) is 91.9 cm³/mol. The Bertz CT molecular complexity index is 950. The molecule has 0 radical (unpaired) electrons. The monoisotopic (exact) mass is 337 g/mol. The number of carbonyl (C=O) groups is 1. The molecule has 0 spiro atoms. The third-order valence-electron chi connectivity index (χ3n) is 3.65. The zero-order valence-electron chi connectivity index (χ0n) is 13.6. The highest BCUT2D eigenvalue weighted by Gasteiger charge is 2.18. The maximum Gasteiger partial charge on any atom is 0.278 e. The molecular weight excluding hydrogens is 322 g/mol. The van der Waals surface area contributed by atoms with Crippen molar-refractivity contribution in [2.24, 2.45) is 0 Å². The van der Waals surface area contributed by atoms with Crippen molar-refractivity contribution in [2.75, 3.05) is 5.32 Å². The van der Waals surface area contributed by atoms with Crippen molar-refractivity contribution in [1.29, 1.82) is 0 Å². The zero-order chi connectivity index (χ0) is 18.0. The van der Waals surface area contributed by atoms with Crippen molar-refractivity contribution in [3.63, 3.8) is 0 Å². The van der Waals surface area contributed by atoms with Gasteiger partial charge in [0.15, 0.2) is 5.69 Å². The third kappa shape index (κ3) is 3.37. The first kappa shape index (κ1) is 16.3. The molecule has 1 amide bonds. The van der Waals surface area contributed by atoms with E-state index >= 15 is 0 Å². The van der Waals surface area contributed by atoms with Crippen LogP contribution in [0.15, 0.2) is 48.5 Å². The summed E-state index contributed by atoms with van der Waals surface area (Å²) in [6, 6.07) is 13.7. The number of nitrogens with zero attached hydrogens (tertiary/aromatic N) is 4. The van der Waals surface area contributed by atoms with Crippen LogP contribution in [-0.4, -0.2) is 25.8 Å². The Balaban J connectivity index is 1.86. The number of amides is 1. The van der Waals surface area contributed by atoms with Crippen LogP contribution in [0.2, 0.25) is 0 Å². The minimum Gasteiger partial charge on any atom is -0.320 e. The molecule has 1 N–H and O–H groups in total. The maximum absolute atomic E-state index is 12.4. The number of hydrogen-bond donors (Lipinski definition) is 1.